The van der Waals surface area contributed by atoms with Gasteiger partial charge in [0.25, 0.3) is 5.91 Å². The van der Waals surface area contributed by atoms with E-state index in [-0.39, 0.29) is 5.91 Å². The molecule has 3 aromatic heterocycles. The van der Waals surface area contributed by atoms with Crippen LogP contribution in [-0.2, 0) is 14.1 Å². The number of nitrogens with zero attached hydrogens (tertiary/aromatic N) is 5. The summed E-state index contributed by atoms with van der Waals surface area (Å²) in [5.41, 5.74) is 3.78. The molecule has 0 saturated carbocycles. The quantitative estimate of drug-likeness (QED) is 0.562. The van der Waals surface area contributed by atoms with E-state index in [1.807, 2.05) is 42.9 Å². The number of amides is 1. The predicted molar refractivity (Wildman–Crippen MR) is 107 cm³/mol. The second kappa shape index (κ2) is 7.28. The molecule has 0 aliphatic rings. The first-order chi connectivity index (χ1) is 13.5. The molecule has 4 aromatic rings. The summed E-state index contributed by atoms with van der Waals surface area (Å²) in [7, 11) is 5.28. The van der Waals surface area contributed by atoms with Crippen molar-refractivity contribution in [1.82, 2.24) is 24.5 Å². The van der Waals surface area contributed by atoms with E-state index in [0.717, 1.165) is 28.3 Å². The molecule has 9 heteroatoms. The fourth-order valence-corrected chi connectivity index (χ4v) is 3.50. The monoisotopic (exact) mass is 394 g/mol. The highest BCUT2D eigenvalue weighted by atomic mass is 32.1. The van der Waals surface area contributed by atoms with Crippen molar-refractivity contribution < 1.29 is 9.53 Å². The molecule has 1 N–H and O–H groups in total. The molecule has 3 heterocycles. The van der Waals surface area contributed by atoms with Crippen molar-refractivity contribution in [3.05, 3.63) is 53.8 Å². The minimum absolute atomic E-state index is 0.303. The van der Waals surface area contributed by atoms with Crippen molar-refractivity contribution in [1.29, 1.82) is 0 Å². The Labute approximate surface area is 165 Å². The minimum Gasteiger partial charge on any atom is -0.497 e. The van der Waals surface area contributed by atoms with E-state index in [1.165, 1.54) is 11.3 Å². The van der Waals surface area contributed by atoms with Gasteiger partial charge in [-0.15, -0.1) is 11.3 Å². The Hall–Kier alpha value is -3.46. The number of thiazole rings is 1. The summed E-state index contributed by atoms with van der Waals surface area (Å²) in [4.78, 5) is 17.1. The van der Waals surface area contributed by atoms with Gasteiger partial charge >= 0.3 is 0 Å². The Bertz CT molecular complexity index is 1130. The fourth-order valence-electron chi connectivity index (χ4n) is 2.79. The Morgan fingerprint density at radius 3 is 2.64 bits per heavy atom. The van der Waals surface area contributed by atoms with Gasteiger partial charge in [-0.2, -0.15) is 10.2 Å². The maximum Gasteiger partial charge on any atom is 0.277 e. The number of methoxy groups -OCH3 is 1. The molecule has 0 aliphatic heterocycles. The van der Waals surface area contributed by atoms with Crippen molar-refractivity contribution >= 4 is 22.4 Å². The molecule has 4 rings (SSSR count). The summed E-state index contributed by atoms with van der Waals surface area (Å²) in [6.45, 7) is 0. The van der Waals surface area contributed by atoms with Crippen LogP contribution < -0.4 is 10.1 Å². The second-order valence-corrected chi connectivity index (χ2v) is 7.02. The Morgan fingerprint density at radius 1 is 1.18 bits per heavy atom. The van der Waals surface area contributed by atoms with E-state index >= 15 is 0 Å². The molecule has 142 valence electrons. The molecule has 0 radical (unpaired) electrons. The first-order valence-corrected chi connectivity index (χ1v) is 9.36. The van der Waals surface area contributed by atoms with E-state index in [1.54, 1.807) is 35.8 Å². The van der Waals surface area contributed by atoms with Crippen LogP contribution in [0.3, 0.4) is 0 Å². The third-order valence-electron chi connectivity index (χ3n) is 4.22. The highest BCUT2D eigenvalue weighted by molar-refractivity contribution is 7.14. The summed E-state index contributed by atoms with van der Waals surface area (Å²) >= 11 is 1.36. The van der Waals surface area contributed by atoms with Gasteiger partial charge in [0.15, 0.2) is 10.8 Å². The number of nitrogens with one attached hydrogen (secondary N) is 1. The Kier molecular flexibility index (Phi) is 4.66. The summed E-state index contributed by atoms with van der Waals surface area (Å²) in [5, 5.41) is 13.7. The van der Waals surface area contributed by atoms with Crippen molar-refractivity contribution in [3.8, 4) is 28.3 Å². The number of rotatable bonds is 5. The van der Waals surface area contributed by atoms with Gasteiger partial charge in [-0.05, 0) is 30.3 Å². The maximum atomic E-state index is 12.6. The van der Waals surface area contributed by atoms with Crippen LogP contribution in [0.25, 0.3) is 22.5 Å². The number of carbonyl (C=O) groups is 1. The van der Waals surface area contributed by atoms with Crippen LogP contribution in [0.1, 0.15) is 10.5 Å². The van der Waals surface area contributed by atoms with Crippen molar-refractivity contribution in [2.75, 3.05) is 12.4 Å². The normalized spacial score (nSPS) is 10.8. The van der Waals surface area contributed by atoms with E-state index < -0.39 is 0 Å². The van der Waals surface area contributed by atoms with Crippen LogP contribution >= 0.6 is 11.3 Å². The maximum absolute atomic E-state index is 12.6. The standard InChI is InChI=1S/C19H18N6O2S/c1-24-10-13(9-20-24)16-11-28-19(21-16)22-18(26)15-8-17(25(2)23-15)12-4-6-14(27-3)7-5-12/h4-11H,1-3H3,(H,21,22,26). The average molecular weight is 394 g/mol. The average Bonchev–Trinajstić information content (AvgIpc) is 3.42. The molecule has 0 atom stereocenters. The number of hydrogen-bond donors (Lipinski definition) is 1. The molecule has 28 heavy (non-hydrogen) atoms. The molecule has 0 unspecified atom stereocenters. The van der Waals surface area contributed by atoms with Gasteiger partial charge in [0.2, 0.25) is 0 Å². The van der Waals surface area contributed by atoms with Crippen LogP contribution in [0.4, 0.5) is 5.13 Å². The minimum atomic E-state index is -0.303. The van der Waals surface area contributed by atoms with Gasteiger partial charge in [-0.1, -0.05) is 0 Å². The zero-order valence-corrected chi connectivity index (χ0v) is 16.4. The summed E-state index contributed by atoms with van der Waals surface area (Å²) in [6, 6.07) is 9.36. The van der Waals surface area contributed by atoms with Crippen LogP contribution in [0.2, 0.25) is 0 Å². The number of aromatic nitrogens is 5. The molecule has 1 aromatic carbocycles. The fraction of sp³-hybridized carbons (Fsp3) is 0.158. The van der Waals surface area contributed by atoms with Gasteiger partial charge in [0.1, 0.15) is 5.75 Å². The number of anilines is 1. The van der Waals surface area contributed by atoms with Gasteiger partial charge in [0, 0.05) is 36.8 Å². The number of aryl methyl sites for hydroxylation is 2. The van der Waals surface area contributed by atoms with Crippen molar-refractivity contribution in [2.45, 2.75) is 0 Å². The molecule has 0 bridgehead atoms. The number of ether oxygens (including phenoxy) is 1. The first-order valence-electron chi connectivity index (χ1n) is 8.48. The molecule has 0 aliphatic carbocycles. The lowest BCUT2D eigenvalue weighted by atomic mass is 10.1. The molecule has 1 amide bonds. The van der Waals surface area contributed by atoms with Gasteiger partial charge in [-0.25, -0.2) is 4.98 Å². The van der Waals surface area contributed by atoms with Gasteiger partial charge < -0.3 is 4.74 Å². The summed E-state index contributed by atoms with van der Waals surface area (Å²) in [5.74, 6) is 0.472. The van der Waals surface area contributed by atoms with Crippen LogP contribution in [0.15, 0.2) is 48.1 Å². The van der Waals surface area contributed by atoms with E-state index in [0.29, 0.717) is 10.8 Å². The second-order valence-electron chi connectivity index (χ2n) is 6.16. The Morgan fingerprint density at radius 2 is 1.96 bits per heavy atom. The zero-order valence-electron chi connectivity index (χ0n) is 15.6. The number of hydrogen-bond acceptors (Lipinski definition) is 6. The first kappa shape index (κ1) is 17.9. The van der Waals surface area contributed by atoms with Crippen molar-refractivity contribution in [3.63, 3.8) is 0 Å². The van der Waals surface area contributed by atoms with Crippen LogP contribution in [0, 0.1) is 0 Å². The smallest absolute Gasteiger partial charge is 0.277 e. The molecule has 0 spiro atoms. The largest absolute Gasteiger partial charge is 0.497 e. The van der Waals surface area contributed by atoms with Gasteiger partial charge in [-0.3, -0.25) is 19.5 Å². The highest BCUT2D eigenvalue weighted by Gasteiger charge is 2.16. The van der Waals surface area contributed by atoms with E-state index in [2.05, 4.69) is 20.5 Å². The van der Waals surface area contributed by atoms with Crippen molar-refractivity contribution in [2.24, 2.45) is 14.1 Å². The predicted octanol–water partition coefficient (Wildman–Crippen LogP) is 3.21. The third-order valence-corrected chi connectivity index (χ3v) is 4.98. The lowest BCUT2D eigenvalue weighted by molar-refractivity contribution is 0.102. The Balaban J connectivity index is 1.52. The molecule has 8 nitrogen and oxygen atoms in total. The molecule has 0 fully saturated rings. The highest BCUT2D eigenvalue weighted by Crippen LogP contribution is 2.26. The number of carbonyl (C=O) groups excluding carboxylic acids is 1. The lowest BCUT2D eigenvalue weighted by Gasteiger charge is -2.03. The molecular formula is C19H18N6O2S. The number of benzene rings is 1. The zero-order chi connectivity index (χ0) is 19.7. The molecular weight excluding hydrogens is 376 g/mol. The SMILES string of the molecule is COc1ccc(-c2cc(C(=O)Nc3nc(-c4cnn(C)c4)cs3)nn2C)cc1. The lowest BCUT2D eigenvalue weighted by Crippen LogP contribution is -2.12. The van der Waals surface area contributed by atoms with Crippen LogP contribution in [0.5, 0.6) is 5.75 Å². The third kappa shape index (κ3) is 3.52. The topological polar surface area (TPSA) is 86.9 Å². The van der Waals surface area contributed by atoms with Crippen LogP contribution in [-0.4, -0.2) is 37.6 Å². The molecule has 0 saturated heterocycles. The van der Waals surface area contributed by atoms with E-state index in [4.69, 9.17) is 4.74 Å². The summed E-state index contributed by atoms with van der Waals surface area (Å²) in [6.07, 6.45) is 3.61. The van der Waals surface area contributed by atoms with E-state index in [9.17, 15) is 4.79 Å². The summed E-state index contributed by atoms with van der Waals surface area (Å²) < 4.78 is 8.57. The van der Waals surface area contributed by atoms with Gasteiger partial charge in [0.05, 0.1) is 24.7 Å².